The maximum absolute atomic E-state index is 5.79. The maximum atomic E-state index is 5.79. The molecule has 5 heteroatoms. The highest BCUT2D eigenvalue weighted by atomic mass is 32.1. The Kier molecular flexibility index (Phi) is 5.03. The summed E-state index contributed by atoms with van der Waals surface area (Å²) in [4.78, 5) is 12.4. The van der Waals surface area contributed by atoms with E-state index in [2.05, 4.69) is 95.1 Å². The molecule has 36 heavy (non-hydrogen) atoms. The molecule has 2 heterocycles. The fourth-order valence-corrected chi connectivity index (χ4v) is 5.78. The SMILES string of the molecule is S=C(Nc1ccc2nc3c4ccccc4c4ccccc4c3nc2c1)N1CC[C@@H](c2ccccc2)C1. The first-order valence-electron chi connectivity index (χ1n) is 12.4. The number of benzene rings is 5. The van der Waals surface area contributed by atoms with Crippen molar-refractivity contribution in [3.8, 4) is 0 Å². The Morgan fingerprint density at radius 1 is 0.722 bits per heavy atom. The number of anilines is 1. The molecule has 7 rings (SSSR count). The molecule has 0 saturated carbocycles. The molecule has 0 unspecified atom stereocenters. The van der Waals surface area contributed by atoms with E-state index >= 15 is 0 Å². The molecule has 0 radical (unpaired) electrons. The second-order valence-corrected chi connectivity index (χ2v) is 9.87. The third kappa shape index (κ3) is 3.55. The first kappa shape index (κ1) is 21.2. The van der Waals surface area contributed by atoms with Gasteiger partial charge in [0.05, 0.1) is 22.1 Å². The van der Waals surface area contributed by atoms with E-state index in [-0.39, 0.29) is 0 Å². The monoisotopic (exact) mass is 484 g/mol. The number of rotatable bonds is 2. The quantitative estimate of drug-likeness (QED) is 0.159. The molecule has 6 aromatic rings. The van der Waals surface area contributed by atoms with Crippen molar-refractivity contribution >= 4 is 66.6 Å². The van der Waals surface area contributed by atoms with Crippen LogP contribution in [0.5, 0.6) is 0 Å². The summed E-state index contributed by atoms with van der Waals surface area (Å²) in [7, 11) is 0. The molecule has 0 bridgehead atoms. The number of aromatic nitrogens is 2. The summed E-state index contributed by atoms with van der Waals surface area (Å²) in [5, 5.41) is 8.88. The first-order valence-corrected chi connectivity index (χ1v) is 12.8. The van der Waals surface area contributed by atoms with Crippen LogP contribution in [0.4, 0.5) is 5.69 Å². The van der Waals surface area contributed by atoms with Gasteiger partial charge in [-0.15, -0.1) is 0 Å². The summed E-state index contributed by atoms with van der Waals surface area (Å²) < 4.78 is 0. The highest BCUT2D eigenvalue weighted by Gasteiger charge is 2.25. The lowest BCUT2D eigenvalue weighted by Gasteiger charge is -2.21. The van der Waals surface area contributed by atoms with Crippen molar-refractivity contribution < 1.29 is 0 Å². The third-order valence-electron chi connectivity index (χ3n) is 7.32. The van der Waals surface area contributed by atoms with Crippen LogP contribution in [0.1, 0.15) is 17.9 Å². The lowest BCUT2D eigenvalue weighted by atomic mass is 9.99. The molecule has 1 aliphatic rings. The van der Waals surface area contributed by atoms with Crippen LogP contribution in [0.15, 0.2) is 97.1 Å². The van der Waals surface area contributed by atoms with Gasteiger partial charge in [0, 0.05) is 35.5 Å². The summed E-state index contributed by atoms with van der Waals surface area (Å²) in [6, 6.07) is 33.8. The topological polar surface area (TPSA) is 41.1 Å². The van der Waals surface area contributed by atoms with Crippen molar-refractivity contribution in [2.45, 2.75) is 12.3 Å². The van der Waals surface area contributed by atoms with Crippen LogP contribution in [0.2, 0.25) is 0 Å². The highest BCUT2D eigenvalue weighted by molar-refractivity contribution is 7.80. The van der Waals surface area contributed by atoms with Crippen molar-refractivity contribution in [1.29, 1.82) is 0 Å². The van der Waals surface area contributed by atoms with E-state index < -0.39 is 0 Å². The average Bonchev–Trinajstić information content (AvgIpc) is 3.44. The van der Waals surface area contributed by atoms with Gasteiger partial charge in [-0.05, 0) is 53.2 Å². The number of hydrogen-bond acceptors (Lipinski definition) is 3. The van der Waals surface area contributed by atoms with Crippen molar-refractivity contribution in [2.24, 2.45) is 0 Å². The van der Waals surface area contributed by atoms with Crippen LogP contribution in [-0.4, -0.2) is 33.1 Å². The van der Waals surface area contributed by atoms with E-state index in [0.717, 1.165) is 63.1 Å². The number of nitrogens with zero attached hydrogens (tertiary/aromatic N) is 3. The number of hydrogen-bond donors (Lipinski definition) is 1. The van der Waals surface area contributed by atoms with E-state index in [1.54, 1.807) is 0 Å². The molecular weight excluding hydrogens is 460 g/mol. The zero-order valence-electron chi connectivity index (χ0n) is 19.7. The van der Waals surface area contributed by atoms with Crippen LogP contribution in [-0.2, 0) is 0 Å². The zero-order valence-corrected chi connectivity index (χ0v) is 20.5. The molecule has 1 aromatic heterocycles. The fourth-order valence-electron chi connectivity index (χ4n) is 5.50. The predicted octanol–water partition coefficient (Wildman–Crippen LogP) is 7.28. The summed E-state index contributed by atoms with van der Waals surface area (Å²) >= 11 is 5.79. The third-order valence-corrected chi connectivity index (χ3v) is 7.68. The normalized spacial score (nSPS) is 15.8. The summed E-state index contributed by atoms with van der Waals surface area (Å²) in [6.45, 7) is 1.90. The Hall–Kier alpha value is -4.09. The minimum Gasteiger partial charge on any atom is -0.348 e. The predicted molar refractivity (Wildman–Crippen MR) is 154 cm³/mol. The first-order chi connectivity index (χ1) is 17.7. The molecule has 1 atom stereocenters. The number of likely N-dealkylation sites (tertiary alicyclic amines) is 1. The minimum atomic E-state index is 0.517. The molecular formula is C31H24N4S. The lowest BCUT2D eigenvalue weighted by molar-refractivity contribution is 0.518. The molecule has 1 aliphatic heterocycles. The van der Waals surface area contributed by atoms with Crippen molar-refractivity contribution in [3.63, 3.8) is 0 Å². The largest absolute Gasteiger partial charge is 0.348 e. The van der Waals surface area contributed by atoms with Gasteiger partial charge in [0.1, 0.15) is 0 Å². The molecule has 174 valence electrons. The Balaban J connectivity index is 1.24. The molecule has 0 aliphatic carbocycles. The lowest BCUT2D eigenvalue weighted by Crippen LogP contribution is -2.32. The number of fused-ring (bicyclic) bond motifs is 7. The molecule has 4 nitrogen and oxygen atoms in total. The highest BCUT2D eigenvalue weighted by Crippen LogP contribution is 2.34. The van der Waals surface area contributed by atoms with Gasteiger partial charge in [-0.25, -0.2) is 9.97 Å². The fraction of sp³-hybridized carbons (Fsp3) is 0.129. The van der Waals surface area contributed by atoms with E-state index in [9.17, 15) is 0 Å². The van der Waals surface area contributed by atoms with Gasteiger partial charge in [0.2, 0.25) is 0 Å². The van der Waals surface area contributed by atoms with Gasteiger partial charge < -0.3 is 10.2 Å². The number of thiocarbonyl (C=S) groups is 1. The van der Waals surface area contributed by atoms with Gasteiger partial charge in [0.15, 0.2) is 5.11 Å². The molecule has 0 spiro atoms. The zero-order chi connectivity index (χ0) is 24.1. The van der Waals surface area contributed by atoms with Gasteiger partial charge >= 0.3 is 0 Å². The van der Waals surface area contributed by atoms with Crippen LogP contribution in [0.3, 0.4) is 0 Å². The maximum Gasteiger partial charge on any atom is 0.173 e. The van der Waals surface area contributed by atoms with Gasteiger partial charge in [0.25, 0.3) is 0 Å². The average molecular weight is 485 g/mol. The Morgan fingerprint density at radius 2 is 1.33 bits per heavy atom. The van der Waals surface area contributed by atoms with Crippen LogP contribution in [0.25, 0.3) is 43.6 Å². The van der Waals surface area contributed by atoms with Crippen molar-refractivity contribution in [3.05, 3.63) is 103 Å². The van der Waals surface area contributed by atoms with Gasteiger partial charge in [-0.2, -0.15) is 0 Å². The van der Waals surface area contributed by atoms with E-state index in [1.807, 2.05) is 12.1 Å². The van der Waals surface area contributed by atoms with Crippen LogP contribution < -0.4 is 5.32 Å². The summed E-state index contributed by atoms with van der Waals surface area (Å²) in [5.41, 5.74) is 5.94. The number of nitrogens with one attached hydrogen (secondary N) is 1. The van der Waals surface area contributed by atoms with Crippen LogP contribution >= 0.6 is 12.2 Å². The molecule has 1 fully saturated rings. The second kappa shape index (κ2) is 8.54. The van der Waals surface area contributed by atoms with Crippen molar-refractivity contribution in [2.75, 3.05) is 18.4 Å². The van der Waals surface area contributed by atoms with E-state index in [4.69, 9.17) is 22.2 Å². The smallest absolute Gasteiger partial charge is 0.173 e. The standard InChI is InChI=1S/C31H24N4S/c36-31(35-17-16-21(19-35)20-8-2-1-3-9-20)32-22-14-15-27-28(18-22)34-30-26-13-7-5-11-24(26)23-10-4-6-12-25(23)29(30)33-27/h1-15,18,21H,16-17,19H2,(H,32,36)/t21-/m1/s1. The van der Waals surface area contributed by atoms with E-state index in [0.29, 0.717) is 5.92 Å². The molecule has 1 saturated heterocycles. The summed E-state index contributed by atoms with van der Waals surface area (Å²) in [6.07, 6.45) is 1.11. The molecule has 5 aromatic carbocycles. The van der Waals surface area contributed by atoms with Gasteiger partial charge in [-0.1, -0.05) is 78.9 Å². The van der Waals surface area contributed by atoms with Gasteiger partial charge in [-0.3, -0.25) is 0 Å². The molecule has 1 N–H and O–H groups in total. The van der Waals surface area contributed by atoms with Crippen LogP contribution in [0, 0.1) is 0 Å². The van der Waals surface area contributed by atoms with E-state index in [1.165, 1.54) is 16.3 Å². The summed E-state index contributed by atoms with van der Waals surface area (Å²) in [5.74, 6) is 0.517. The Labute approximate surface area is 214 Å². The molecule has 0 amide bonds. The second-order valence-electron chi connectivity index (χ2n) is 9.49. The Morgan fingerprint density at radius 3 is 2.03 bits per heavy atom. The Bertz CT molecular complexity index is 1780. The van der Waals surface area contributed by atoms with Crippen molar-refractivity contribution in [1.82, 2.24) is 14.9 Å². The minimum absolute atomic E-state index is 0.517.